The Morgan fingerprint density at radius 3 is 1.62 bits per heavy atom. The van der Waals surface area contributed by atoms with Gasteiger partial charge >= 0.3 is 0 Å². The van der Waals surface area contributed by atoms with Crippen molar-refractivity contribution in [2.75, 3.05) is 0 Å². The van der Waals surface area contributed by atoms with E-state index in [4.69, 9.17) is 23.2 Å². The average molecular weight is 289 g/mol. The Hall–Kier alpha value is -0.420. The summed E-state index contributed by atoms with van der Waals surface area (Å²) in [7, 11) is 3.02. The van der Waals surface area contributed by atoms with Gasteiger partial charge in [-0.15, -0.1) is 0 Å². The Morgan fingerprint density at radius 1 is 0.812 bits per heavy atom. The maximum absolute atomic E-state index is 5.94. The fourth-order valence-electron chi connectivity index (χ4n) is 0.957. The fraction of sp³-hybridized carbons (Fsp3) is 0. The molecular formula is C10H6Cl2N2S2. The summed E-state index contributed by atoms with van der Waals surface area (Å²) in [5.74, 6) is 0. The van der Waals surface area contributed by atoms with Crippen LogP contribution >= 0.6 is 44.8 Å². The van der Waals surface area contributed by atoms with Gasteiger partial charge in [-0.2, -0.15) is 0 Å². The maximum atomic E-state index is 5.94. The molecule has 2 aromatic rings. The van der Waals surface area contributed by atoms with Crippen LogP contribution in [-0.4, -0.2) is 9.97 Å². The highest BCUT2D eigenvalue weighted by atomic mass is 35.5. The van der Waals surface area contributed by atoms with Crippen molar-refractivity contribution in [2.45, 2.75) is 9.79 Å². The number of aromatic nitrogens is 2. The van der Waals surface area contributed by atoms with E-state index in [0.717, 1.165) is 9.79 Å². The molecule has 0 aliphatic heterocycles. The van der Waals surface area contributed by atoms with Gasteiger partial charge < -0.3 is 0 Å². The van der Waals surface area contributed by atoms with Gasteiger partial charge in [0.1, 0.15) is 10.3 Å². The molecule has 0 spiro atoms. The highest BCUT2D eigenvalue weighted by Crippen LogP contribution is 2.41. The lowest BCUT2D eigenvalue weighted by Gasteiger charge is -2.03. The molecule has 0 saturated heterocycles. The first kappa shape index (κ1) is 12.0. The number of pyridine rings is 2. The van der Waals surface area contributed by atoms with Crippen molar-refractivity contribution in [2.24, 2.45) is 0 Å². The normalized spacial score (nSPS) is 10.4. The van der Waals surface area contributed by atoms with Gasteiger partial charge in [-0.05, 0) is 45.9 Å². The first-order chi connectivity index (χ1) is 7.77. The SMILES string of the molecule is Clc1ncccc1SSc1cccnc1Cl. The van der Waals surface area contributed by atoms with Crippen molar-refractivity contribution in [3.63, 3.8) is 0 Å². The van der Waals surface area contributed by atoms with E-state index in [1.54, 1.807) is 12.4 Å². The van der Waals surface area contributed by atoms with Gasteiger partial charge in [0.15, 0.2) is 0 Å². The Kier molecular flexibility index (Phi) is 4.35. The van der Waals surface area contributed by atoms with E-state index in [2.05, 4.69) is 9.97 Å². The standard InChI is InChI=1S/C10H6Cl2N2S2/c11-9-7(3-1-5-13-9)15-16-8-4-2-6-14-10(8)12/h1-6H. The molecule has 82 valence electrons. The number of hydrogen-bond acceptors (Lipinski definition) is 4. The second-order valence-corrected chi connectivity index (χ2v) is 5.68. The highest BCUT2D eigenvalue weighted by molar-refractivity contribution is 8.76. The van der Waals surface area contributed by atoms with E-state index in [1.165, 1.54) is 21.6 Å². The summed E-state index contributed by atoms with van der Waals surface area (Å²) in [5, 5.41) is 1.00. The summed E-state index contributed by atoms with van der Waals surface area (Å²) in [4.78, 5) is 9.82. The summed E-state index contributed by atoms with van der Waals surface area (Å²) < 4.78 is 0. The van der Waals surface area contributed by atoms with Crippen LogP contribution in [0.15, 0.2) is 46.5 Å². The van der Waals surface area contributed by atoms with Gasteiger partial charge in [0.2, 0.25) is 0 Å². The molecule has 0 aliphatic rings. The molecule has 2 heterocycles. The minimum absolute atomic E-state index is 0.500. The highest BCUT2D eigenvalue weighted by Gasteiger charge is 2.05. The molecule has 0 atom stereocenters. The van der Waals surface area contributed by atoms with Gasteiger partial charge in [0.05, 0.1) is 9.79 Å². The Bertz CT molecular complexity index is 448. The molecular weight excluding hydrogens is 283 g/mol. The summed E-state index contributed by atoms with van der Waals surface area (Å²) in [6.45, 7) is 0. The Labute approximate surface area is 111 Å². The molecule has 2 rings (SSSR count). The lowest BCUT2D eigenvalue weighted by atomic mass is 10.5. The van der Waals surface area contributed by atoms with Crippen LogP contribution in [0.2, 0.25) is 10.3 Å². The largest absolute Gasteiger partial charge is 0.243 e. The third-order valence-corrected chi connectivity index (χ3v) is 4.93. The number of rotatable bonds is 3. The topological polar surface area (TPSA) is 25.8 Å². The lowest BCUT2D eigenvalue weighted by molar-refractivity contribution is 1.24. The van der Waals surface area contributed by atoms with E-state index in [0.29, 0.717) is 10.3 Å². The summed E-state index contributed by atoms with van der Waals surface area (Å²) in [6.07, 6.45) is 3.32. The third kappa shape index (κ3) is 3.04. The van der Waals surface area contributed by atoms with Crippen LogP contribution in [0.3, 0.4) is 0 Å². The van der Waals surface area contributed by atoms with E-state index >= 15 is 0 Å². The summed E-state index contributed by atoms with van der Waals surface area (Å²) in [6, 6.07) is 7.52. The number of halogens is 2. The van der Waals surface area contributed by atoms with Gasteiger partial charge in [-0.1, -0.05) is 23.2 Å². The van der Waals surface area contributed by atoms with Gasteiger partial charge in [0.25, 0.3) is 0 Å². The molecule has 0 N–H and O–H groups in total. The number of hydrogen-bond donors (Lipinski definition) is 0. The van der Waals surface area contributed by atoms with Gasteiger partial charge in [-0.25, -0.2) is 9.97 Å². The molecule has 0 fully saturated rings. The van der Waals surface area contributed by atoms with E-state index in [1.807, 2.05) is 24.3 Å². The molecule has 0 radical (unpaired) electrons. The van der Waals surface area contributed by atoms with Crippen LogP contribution in [0.25, 0.3) is 0 Å². The molecule has 6 heteroatoms. The Morgan fingerprint density at radius 2 is 1.25 bits per heavy atom. The van der Waals surface area contributed by atoms with Crippen LogP contribution < -0.4 is 0 Å². The molecule has 2 aromatic heterocycles. The zero-order valence-electron chi connectivity index (χ0n) is 7.93. The molecule has 0 unspecified atom stereocenters. The second-order valence-electron chi connectivity index (χ2n) is 2.75. The predicted molar refractivity (Wildman–Crippen MR) is 70.2 cm³/mol. The van der Waals surface area contributed by atoms with Crippen LogP contribution in [-0.2, 0) is 0 Å². The van der Waals surface area contributed by atoms with Crippen LogP contribution in [0.5, 0.6) is 0 Å². The summed E-state index contributed by atoms with van der Waals surface area (Å²) >= 11 is 11.9. The van der Waals surface area contributed by atoms with E-state index in [-0.39, 0.29) is 0 Å². The van der Waals surface area contributed by atoms with Crippen molar-refractivity contribution in [1.82, 2.24) is 9.97 Å². The first-order valence-corrected chi connectivity index (χ1v) is 7.23. The minimum atomic E-state index is 0.500. The first-order valence-electron chi connectivity index (χ1n) is 4.33. The lowest BCUT2D eigenvalue weighted by Crippen LogP contribution is -1.78. The van der Waals surface area contributed by atoms with E-state index < -0.39 is 0 Å². The maximum Gasteiger partial charge on any atom is 0.143 e. The molecule has 2 nitrogen and oxygen atoms in total. The Balaban J connectivity index is 2.09. The molecule has 0 amide bonds. The monoisotopic (exact) mass is 288 g/mol. The van der Waals surface area contributed by atoms with Crippen molar-refractivity contribution in [1.29, 1.82) is 0 Å². The van der Waals surface area contributed by atoms with Crippen LogP contribution in [0.1, 0.15) is 0 Å². The zero-order chi connectivity index (χ0) is 11.4. The molecule has 0 aliphatic carbocycles. The van der Waals surface area contributed by atoms with Crippen molar-refractivity contribution >= 4 is 44.8 Å². The van der Waals surface area contributed by atoms with Gasteiger partial charge in [0, 0.05) is 12.4 Å². The average Bonchev–Trinajstić information content (AvgIpc) is 2.30. The van der Waals surface area contributed by atoms with Crippen molar-refractivity contribution in [3.8, 4) is 0 Å². The van der Waals surface area contributed by atoms with Crippen LogP contribution in [0, 0.1) is 0 Å². The smallest absolute Gasteiger partial charge is 0.143 e. The predicted octanol–water partition coefficient (Wildman–Crippen LogP) is 4.58. The fourth-order valence-corrected chi connectivity index (χ4v) is 3.74. The molecule has 0 aromatic carbocycles. The summed E-state index contributed by atoms with van der Waals surface area (Å²) in [5.41, 5.74) is 0. The third-order valence-electron chi connectivity index (χ3n) is 1.67. The quantitative estimate of drug-likeness (QED) is 0.610. The molecule has 0 bridgehead atoms. The van der Waals surface area contributed by atoms with Gasteiger partial charge in [-0.3, -0.25) is 0 Å². The van der Waals surface area contributed by atoms with Crippen LogP contribution in [0.4, 0.5) is 0 Å². The second kappa shape index (κ2) is 5.77. The zero-order valence-corrected chi connectivity index (χ0v) is 11.1. The van der Waals surface area contributed by atoms with Crippen molar-refractivity contribution < 1.29 is 0 Å². The number of nitrogens with zero attached hydrogens (tertiary/aromatic N) is 2. The van der Waals surface area contributed by atoms with E-state index in [9.17, 15) is 0 Å². The molecule has 16 heavy (non-hydrogen) atoms. The molecule has 0 saturated carbocycles. The van der Waals surface area contributed by atoms with Crippen molar-refractivity contribution in [3.05, 3.63) is 47.0 Å². The minimum Gasteiger partial charge on any atom is -0.243 e.